The van der Waals surface area contributed by atoms with Gasteiger partial charge in [0.1, 0.15) is 6.33 Å². The van der Waals surface area contributed by atoms with Crippen LogP contribution in [-0.2, 0) is 6.54 Å². The fraction of sp³-hybridized carbons (Fsp3) is 0.429. The fourth-order valence-electron chi connectivity index (χ4n) is 1.23. The van der Waals surface area contributed by atoms with Gasteiger partial charge >= 0.3 is 0 Å². The van der Waals surface area contributed by atoms with E-state index in [1.807, 2.05) is 6.20 Å². The summed E-state index contributed by atoms with van der Waals surface area (Å²) in [5.74, 6) is 0. The third-order valence-electron chi connectivity index (χ3n) is 1.87. The van der Waals surface area contributed by atoms with E-state index in [4.69, 9.17) is 0 Å². The van der Waals surface area contributed by atoms with Crippen LogP contribution in [0.4, 0.5) is 0 Å². The molecule has 1 atom stereocenters. The first-order valence-corrected chi connectivity index (χ1v) is 3.40. The predicted molar refractivity (Wildman–Crippen MR) is 37.3 cm³/mol. The molecule has 0 unspecified atom stereocenters. The molecular weight excluding hydrogens is 126 g/mol. The van der Waals surface area contributed by atoms with Crippen LogP contribution in [0, 0.1) is 0 Å². The number of nitrogens with one attached hydrogen (secondary N) is 1. The van der Waals surface area contributed by atoms with Gasteiger partial charge in [-0.3, -0.25) is 0 Å². The topological polar surface area (TPSA) is 37.8 Å². The summed E-state index contributed by atoms with van der Waals surface area (Å²) in [7, 11) is 0. The number of nitrogens with zero attached hydrogens (tertiary/aromatic N) is 2. The van der Waals surface area contributed by atoms with Crippen LogP contribution >= 0.6 is 0 Å². The number of rotatable bonds is 0. The summed E-state index contributed by atoms with van der Waals surface area (Å²) in [6, 6.07) is 0.427. The van der Waals surface area contributed by atoms with Crippen molar-refractivity contribution < 1.29 is 0 Å². The van der Waals surface area contributed by atoms with Crippen molar-refractivity contribution in [2.24, 2.45) is 0 Å². The molecule has 0 saturated heterocycles. The van der Waals surface area contributed by atoms with Crippen molar-refractivity contribution in [1.82, 2.24) is 15.3 Å². The normalized spacial score (nSPS) is 22.7. The molecule has 3 heteroatoms. The Bertz CT molecular complexity index is 246. The Morgan fingerprint density at radius 3 is 3.40 bits per heavy atom. The SMILES string of the molecule is C[C@H]1NCc2ncncc21. The molecule has 0 spiro atoms. The second kappa shape index (κ2) is 2.02. The van der Waals surface area contributed by atoms with Crippen molar-refractivity contribution in [3.05, 3.63) is 23.8 Å². The molecule has 1 aromatic rings. The first-order chi connectivity index (χ1) is 4.88. The zero-order valence-electron chi connectivity index (χ0n) is 5.83. The van der Waals surface area contributed by atoms with E-state index in [0.717, 1.165) is 12.2 Å². The van der Waals surface area contributed by atoms with Gasteiger partial charge in [-0.25, -0.2) is 9.97 Å². The Morgan fingerprint density at radius 1 is 1.70 bits per heavy atom. The lowest BCUT2D eigenvalue weighted by molar-refractivity contribution is 0.631. The van der Waals surface area contributed by atoms with Gasteiger partial charge in [0.2, 0.25) is 0 Å². The summed E-state index contributed by atoms with van der Waals surface area (Å²) in [6.07, 6.45) is 3.48. The monoisotopic (exact) mass is 135 g/mol. The largest absolute Gasteiger partial charge is 0.304 e. The minimum atomic E-state index is 0.427. The summed E-state index contributed by atoms with van der Waals surface area (Å²) in [4.78, 5) is 8.09. The quantitative estimate of drug-likeness (QED) is 0.567. The summed E-state index contributed by atoms with van der Waals surface area (Å²) in [5, 5.41) is 3.28. The van der Waals surface area contributed by atoms with Crippen LogP contribution in [0.25, 0.3) is 0 Å². The summed E-state index contributed by atoms with van der Waals surface area (Å²) in [6.45, 7) is 3.01. The molecule has 0 aliphatic carbocycles. The van der Waals surface area contributed by atoms with Gasteiger partial charge in [-0.15, -0.1) is 0 Å². The van der Waals surface area contributed by atoms with Gasteiger partial charge < -0.3 is 5.32 Å². The second-order valence-electron chi connectivity index (χ2n) is 2.53. The first-order valence-electron chi connectivity index (χ1n) is 3.40. The second-order valence-corrected chi connectivity index (χ2v) is 2.53. The highest BCUT2D eigenvalue weighted by molar-refractivity contribution is 5.23. The molecule has 0 fully saturated rings. The van der Waals surface area contributed by atoms with E-state index in [2.05, 4.69) is 22.2 Å². The molecule has 1 aliphatic heterocycles. The van der Waals surface area contributed by atoms with Gasteiger partial charge in [-0.2, -0.15) is 0 Å². The lowest BCUT2D eigenvalue weighted by atomic mass is 10.2. The van der Waals surface area contributed by atoms with Crippen LogP contribution in [0.15, 0.2) is 12.5 Å². The molecule has 1 aliphatic rings. The zero-order valence-corrected chi connectivity index (χ0v) is 5.83. The molecule has 3 nitrogen and oxygen atoms in total. The van der Waals surface area contributed by atoms with Crippen LogP contribution in [-0.4, -0.2) is 9.97 Å². The van der Waals surface area contributed by atoms with E-state index in [1.54, 1.807) is 6.33 Å². The molecule has 1 aromatic heterocycles. The van der Waals surface area contributed by atoms with Gasteiger partial charge in [-0.05, 0) is 6.92 Å². The lowest BCUT2D eigenvalue weighted by Gasteiger charge is -2.00. The molecule has 2 heterocycles. The third-order valence-corrected chi connectivity index (χ3v) is 1.87. The highest BCUT2D eigenvalue weighted by atomic mass is 15.0. The van der Waals surface area contributed by atoms with E-state index in [9.17, 15) is 0 Å². The van der Waals surface area contributed by atoms with Crippen LogP contribution in [0.1, 0.15) is 24.2 Å². The summed E-state index contributed by atoms with van der Waals surface area (Å²) < 4.78 is 0. The molecular formula is C7H9N3. The number of hydrogen-bond acceptors (Lipinski definition) is 3. The molecule has 0 amide bonds. The highest BCUT2D eigenvalue weighted by Gasteiger charge is 2.17. The van der Waals surface area contributed by atoms with E-state index in [1.165, 1.54) is 5.56 Å². The van der Waals surface area contributed by atoms with Crippen LogP contribution in [0.3, 0.4) is 0 Å². The first kappa shape index (κ1) is 5.80. The van der Waals surface area contributed by atoms with E-state index in [0.29, 0.717) is 6.04 Å². The molecule has 2 rings (SSSR count). The van der Waals surface area contributed by atoms with Gasteiger partial charge in [0.05, 0.1) is 5.69 Å². The van der Waals surface area contributed by atoms with Crippen molar-refractivity contribution in [3.8, 4) is 0 Å². The maximum Gasteiger partial charge on any atom is 0.115 e. The van der Waals surface area contributed by atoms with Crippen LogP contribution < -0.4 is 5.32 Å². The lowest BCUT2D eigenvalue weighted by Crippen LogP contribution is -2.07. The minimum Gasteiger partial charge on any atom is -0.304 e. The molecule has 10 heavy (non-hydrogen) atoms. The number of hydrogen-bond donors (Lipinski definition) is 1. The summed E-state index contributed by atoms with van der Waals surface area (Å²) >= 11 is 0. The van der Waals surface area contributed by atoms with Gasteiger partial charge in [0.15, 0.2) is 0 Å². The maximum absolute atomic E-state index is 4.14. The van der Waals surface area contributed by atoms with Crippen molar-refractivity contribution in [2.45, 2.75) is 19.5 Å². The van der Waals surface area contributed by atoms with E-state index in [-0.39, 0.29) is 0 Å². The van der Waals surface area contributed by atoms with Gasteiger partial charge in [0, 0.05) is 24.3 Å². The molecule has 1 N–H and O–H groups in total. The van der Waals surface area contributed by atoms with E-state index < -0.39 is 0 Å². The van der Waals surface area contributed by atoms with Crippen molar-refractivity contribution >= 4 is 0 Å². The molecule has 0 aromatic carbocycles. The predicted octanol–water partition coefficient (Wildman–Crippen LogP) is 0.641. The Morgan fingerprint density at radius 2 is 2.60 bits per heavy atom. The van der Waals surface area contributed by atoms with Gasteiger partial charge in [-0.1, -0.05) is 0 Å². The van der Waals surface area contributed by atoms with Crippen LogP contribution in [0.5, 0.6) is 0 Å². The Balaban J connectivity index is 2.51. The highest BCUT2D eigenvalue weighted by Crippen LogP contribution is 2.20. The Labute approximate surface area is 59.5 Å². The average Bonchev–Trinajstić information content (AvgIpc) is 2.34. The molecule has 0 saturated carbocycles. The van der Waals surface area contributed by atoms with Gasteiger partial charge in [0.25, 0.3) is 0 Å². The smallest absolute Gasteiger partial charge is 0.115 e. The van der Waals surface area contributed by atoms with Crippen molar-refractivity contribution in [1.29, 1.82) is 0 Å². The van der Waals surface area contributed by atoms with Crippen LogP contribution in [0.2, 0.25) is 0 Å². The van der Waals surface area contributed by atoms with Crippen molar-refractivity contribution in [3.63, 3.8) is 0 Å². The number of aromatic nitrogens is 2. The third kappa shape index (κ3) is 0.708. The minimum absolute atomic E-state index is 0.427. The zero-order chi connectivity index (χ0) is 6.97. The molecule has 0 radical (unpaired) electrons. The average molecular weight is 135 g/mol. The standard InChI is InChI=1S/C7H9N3/c1-5-6-2-8-4-10-7(6)3-9-5/h2,4-5,9H,3H2,1H3/t5-/m1/s1. The van der Waals surface area contributed by atoms with Crippen molar-refractivity contribution in [2.75, 3.05) is 0 Å². The summed E-state index contributed by atoms with van der Waals surface area (Å²) in [5.41, 5.74) is 2.38. The number of fused-ring (bicyclic) bond motifs is 1. The van der Waals surface area contributed by atoms with E-state index >= 15 is 0 Å². The Hall–Kier alpha value is -0.960. The Kier molecular flexibility index (Phi) is 1.17. The molecule has 52 valence electrons. The fourth-order valence-corrected chi connectivity index (χ4v) is 1.23. The molecule has 0 bridgehead atoms. The maximum atomic E-state index is 4.14.